The van der Waals surface area contributed by atoms with Crippen LogP contribution in [0.15, 0.2) is 34.2 Å². The molecule has 2 aliphatic heterocycles. The topological polar surface area (TPSA) is 98.3 Å². The molecule has 9 heteroatoms. The van der Waals surface area contributed by atoms with Crippen molar-refractivity contribution in [2.75, 3.05) is 25.4 Å². The lowest BCUT2D eigenvalue weighted by Crippen LogP contribution is -2.38. The molecule has 0 aliphatic carbocycles. The number of piperidine rings is 1. The van der Waals surface area contributed by atoms with E-state index in [1.54, 1.807) is 28.5 Å². The average Bonchev–Trinajstić information content (AvgIpc) is 3.22. The molecule has 1 saturated heterocycles. The fourth-order valence-electron chi connectivity index (χ4n) is 4.17. The number of carbonyl (C=O) groups excluding carboxylic acids is 1. The van der Waals surface area contributed by atoms with Crippen molar-refractivity contribution in [1.29, 1.82) is 0 Å². The van der Waals surface area contributed by atoms with Crippen LogP contribution in [0.2, 0.25) is 0 Å². The molecule has 0 saturated carbocycles. The zero-order valence-electron chi connectivity index (χ0n) is 16.9. The highest BCUT2D eigenvalue weighted by molar-refractivity contribution is 7.99. The average molecular weight is 429 g/mol. The number of aryl methyl sites for hydroxylation is 1. The minimum Gasteiger partial charge on any atom is -0.303 e. The first-order valence-corrected chi connectivity index (χ1v) is 11.2. The Kier molecular flexibility index (Phi) is 6.01. The summed E-state index contributed by atoms with van der Waals surface area (Å²) in [5, 5.41) is 11.6. The largest absolute Gasteiger partial charge is 0.303 e. The van der Waals surface area contributed by atoms with Gasteiger partial charge in [-0.1, -0.05) is 11.8 Å². The highest BCUT2D eigenvalue weighted by Gasteiger charge is 2.26. The Balaban J connectivity index is 1.33. The maximum absolute atomic E-state index is 12.7. The van der Waals surface area contributed by atoms with Gasteiger partial charge in [0.2, 0.25) is 0 Å². The van der Waals surface area contributed by atoms with E-state index < -0.39 is 4.92 Å². The number of hydrogen-bond donors (Lipinski definition) is 0. The molecule has 8 nitrogen and oxygen atoms in total. The van der Waals surface area contributed by atoms with Crippen LogP contribution in [0.4, 0.5) is 5.69 Å². The summed E-state index contributed by atoms with van der Waals surface area (Å²) in [6.45, 7) is 5.03. The second-order valence-electron chi connectivity index (χ2n) is 7.80. The Bertz CT molecular complexity index is 1030. The molecule has 30 heavy (non-hydrogen) atoms. The Morgan fingerprint density at radius 3 is 2.60 bits per heavy atom. The number of likely N-dealkylation sites (tertiary alicyclic amines) is 1. The van der Waals surface area contributed by atoms with Crippen molar-refractivity contribution in [2.24, 2.45) is 5.92 Å². The number of rotatable bonds is 6. The van der Waals surface area contributed by atoms with Gasteiger partial charge in [0, 0.05) is 53.7 Å². The van der Waals surface area contributed by atoms with E-state index >= 15 is 0 Å². The van der Waals surface area contributed by atoms with Gasteiger partial charge in [-0.15, -0.1) is 0 Å². The molecule has 3 heterocycles. The van der Waals surface area contributed by atoms with Gasteiger partial charge in [-0.3, -0.25) is 24.3 Å². The molecular weight excluding hydrogens is 404 g/mol. The SMILES string of the molecule is Cc1nc2n(c(=O)c1CCN1CCC(C(=O)c3ccc([N+](=O)[O-])cc3)CC1)CCS2. The fraction of sp³-hybridized carbons (Fsp3) is 0.476. The number of Topliss-reactive ketones (excluding diaryl/α,β-unsaturated/α-hetero) is 1. The molecule has 2 aliphatic rings. The number of nitrogens with zero attached hydrogens (tertiary/aromatic N) is 4. The second kappa shape index (κ2) is 8.69. The van der Waals surface area contributed by atoms with Gasteiger partial charge in [0.1, 0.15) is 0 Å². The number of hydrogen-bond acceptors (Lipinski definition) is 7. The molecule has 0 unspecified atom stereocenters. The van der Waals surface area contributed by atoms with Crippen molar-refractivity contribution < 1.29 is 9.72 Å². The third-order valence-electron chi connectivity index (χ3n) is 5.98. The van der Waals surface area contributed by atoms with Crippen LogP contribution in [0, 0.1) is 23.0 Å². The monoisotopic (exact) mass is 428 g/mol. The molecular formula is C21H24N4O4S. The lowest BCUT2D eigenvalue weighted by Gasteiger charge is -2.31. The first kappa shape index (κ1) is 20.7. The van der Waals surface area contributed by atoms with E-state index in [0.717, 1.165) is 61.2 Å². The van der Waals surface area contributed by atoms with Crippen molar-refractivity contribution >= 4 is 23.2 Å². The van der Waals surface area contributed by atoms with Crippen LogP contribution >= 0.6 is 11.8 Å². The Morgan fingerprint density at radius 1 is 1.23 bits per heavy atom. The van der Waals surface area contributed by atoms with Crippen LogP contribution in [0.3, 0.4) is 0 Å². The van der Waals surface area contributed by atoms with Crippen LogP contribution < -0.4 is 5.56 Å². The highest BCUT2D eigenvalue weighted by atomic mass is 32.2. The molecule has 0 bridgehead atoms. The number of aromatic nitrogens is 2. The van der Waals surface area contributed by atoms with Gasteiger partial charge in [0.15, 0.2) is 10.9 Å². The molecule has 1 aromatic heterocycles. The standard InChI is InChI=1S/C21H24N4O4S/c1-14-18(20(27)24-12-13-30-21(24)22-14)8-11-23-9-6-16(7-10-23)19(26)15-2-4-17(5-3-15)25(28)29/h2-5,16H,6-13H2,1H3. The zero-order valence-corrected chi connectivity index (χ0v) is 17.7. The van der Waals surface area contributed by atoms with Crippen molar-refractivity contribution in [3.05, 3.63) is 61.6 Å². The predicted octanol–water partition coefficient (Wildman–Crippen LogP) is 2.70. The third kappa shape index (κ3) is 4.17. The smallest absolute Gasteiger partial charge is 0.269 e. The molecule has 0 spiro atoms. The Labute approximate surface area is 178 Å². The number of ketones is 1. The van der Waals surface area contributed by atoms with Crippen molar-refractivity contribution in [3.63, 3.8) is 0 Å². The Morgan fingerprint density at radius 2 is 1.93 bits per heavy atom. The maximum Gasteiger partial charge on any atom is 0.269 e. The van der Waals surface area contributed by atoms with Crippen LogP contribution in [-0.2, 0) is 13.0 Å². The van der Waals surface area contributed by atoms with E-state index in [0.29, 0.717) is 12.0 Å². The van der Waals surface area contributed by atoms with E-state index in [-0.39, 0.29) is 22.9 Å². The van der Waals surface area contributed by atoms with Gasteiger partial charge < -0.3 is 4.90 Å². The minimum absolute atomic E-state index is 0.00722. The first-order chi connectivity index (χ1) is 14.4. The third-order valence-corrected chi connectivity index (χ3v) is 6.94. The van der Waals surface area contributed by atoms with Gasteiger partial charge >= 0.3 is 0 Å². The number of nitro groups is 1. The zero-order chi connectivity index (χ0) is 21.3. The first-order valence-electron chi connectivity index (χ1n) is 10.2. The van der Waals surface area contributed by atoms with Gasteiger partial charge in [-0.05, 0) is 51.4 Å². The van der Waals surface area contributed by atoms with Crippen LogP contribution in [0.5, 0.6) is 0 Å². The summed E-state index contributed by atoms with van der Waals surface area (Å²) in [4.78, 5) is 42.6. The molecule has 4 rings (SSSR count). The summed E-state index contributed by atoms with van der Waals surface area (Å²) in [5.41, 5.74) is 2.23. The molecule has 0 atom stereocenters. The number of carbonyl (C=O) groups is 1. The minimum atomic E-state index is -0.463. The van der Waals surface area contributed by atoms with Crippen LogP contribution in [-0.4, -0.2) is 50.5 Å². The molecule has 2 aromatic rings. The van der Waals surface area contributed by atoms with Crippen molar-refractivity contribution in [2.45, 2.75) is 37.9 Å². The van der Waals surface area contributed by atoms with Crippen LogP contribution in [0.25, 0.3) is 0 Å². The van der Waals surface area contributed by atoms with E-state index in [9.17, 15) is 19.7 Å². The number of thioether (sulfide) groups is 1. The van der Waals surface area contributed by atoms with Gasteiger partial charge in [-0.2, -0.15) is 0 Å². The van der Waals surface area contributed by atoms with Crippen molar-refractivity contribution in [3.8, 4) is 0 Å². The number of benzene rings is 1. The summed E-state index contributed by atoms with van der Waals surface area (Å²) in [7, 11) is 0. The molecule has 0 radical (unpaired) electrons. The van der Waals surface area contributed by atoms with E-state index in [1.165, 1.54) is 12.1 Å². The summed E-state index contributed by atoms with van der Waals surface area (Å²) in [6, 6.07) is 5.85. The predicted molar refractivity (Wildman–Crippen MR) is 114 cm³/mol. The quantitative estimate of drug-likeness (QED) is 0.302. The summed E-state index contributed by atoms with van der Waals surface area (Å²) in [6.07, 6.45) is 2.18. The van der Waals surface area contributed by atoms with E-state index in [1.807, 2.05) is 6.92 Å². The van der Waals surface area contributed by atoms with Gasteiger partial charge in [0.05, 0.1) is 4.92 Å². The summed E-state index contributed by atoms with van der Waals surface area (Å²) >= 11 is 1.63. The molecule has 158 valence electrons. The van der Waals surface area contributed by atoms with Gasteiger partial charge in [-0.25, -0.2) is 4.98 Å². The number of non-ortho nitro benzene ring substituents is 1. The molecule has 1 aromatic carbocycles. The lowest BCUT2D eigenvalue weighted by atomic mass is 9.88. The molecule has 0 amide bonds. The number of nitro benzene ring substituents is 1. The number of fused-ring (bicyclic) bond motifs is 1. The van der Waals surface area contributed by atoms with E-state index in [2.05, 4.69) is 9.88 Å². The Hall–Kier alpha value is -2.52. The maximum atomic E-state index is 12.7. The highest BCUT2D eigenvalue weighted by Crippen LogP contribution is 2.24. The van der Waals surface area contributed by atoms with Crippen LogP contribution in [0.1, 0.15) is 34.5 Å². The second-order valence-corrected chi connectivity index (χ2v) is 8.86. The lowest BCUT2D eigenvalue weighted by molar-refractivity contribution is -0.384. The molecule has 1 fully saturated rings. The van der Waals surface area contributed by atoms with Gasteiger partial charge in [0.25, 0.3) is 11.2 Å². The fourth-order valence-corrected chi connectivity index (χ4v) is 5.16. The van der Waals surface area contributed by atoms with E-state index in [4.69, 9.17) is 0 Å². The normalized spacial score (nSPS) is 17.1. The molecule has 0 N–H and O–H groups in total. The summed E-state index contributed by atoms with van der Waals surface area (Å²) in [5.74, 6) is 0.897. The van der Waals surface area contributed by atoms with Crippen molar-refractivity contribution in [1.82, 2.24) is 14.5 Å². The summed E-state index contributed by atoms with van der Waals surface area (Å²) < 4.78 is 1.78.